The van der Waals surface area contributed by atoms with Crippen LogP contribution in [0.3, 0.4) is 0 Å². The number of aromatic nitrogens is 3. The lowest BCUT2D eigenvalue weighted by molar-refractivity contribution is 1.14. The first-order valence-corrected chi connectivity index (χ1v) is 25.6. The Labute approximate surface area is 407 Å². The maximum Gasteiger partial charge on any atom is 0.0547 e. The second kappa shape index (κ2) is 16.2. The van der Waals surface area contributed by atoms with E-state index in [2.05, 4.69) is 287 Å². The molecule has 14 rings (SSSR count). The predicted molar refractivity (Wildman–Crippen MR) is 295 cm³/mol. The summed E-state index contributed by atoms with van der Waals surface area (Å²) in [6, 6.07) is 101. The maximum atomic E-state index is 2.50. The van der Waals surface area contributed by atoms with Crippen molar-refractivity contribution in [2.45, 2.75) is 19.6 Å². The fourth-order valence-corrected chi connectivity index (χ4v) is 15.3. The standard InChI is InChI=1S/C66H45N3S/c1-5-21-46(22-6-1)54-34-20-38-65-66(54)57-33-15-18-37-62(57)69(65)49-39-41-63-58(44-49)55-31-13-17-36-61(55)68(63)48-25-19-30-52(43-48)70(50-26-9-3-10-27-50,51-28-11-4-12-29-51)53-40-42-64-59(45-53)56-32-14-16-35-60(56)67(64)47-23-7-2-8-24-47/h1-45H. The maximum absolute atomic E-state index is 2.50. The molecule has 3 heterocycles. The van der Waals surface area contributed by atoms with Gasteiger partial charge in [-0.25, -0.2) is 0 Å². The van der Waals surface area contributed by atoms with Crippen LogP contribution < -0.4 is 0 Å². The molecule has 0 aliphatic heterocycles. The summed E-state index contributed by atoms with van der Waals surface area (Å²) in [5.74, 6) is 0. The van der Waals surface area contributed by atoms with Crippen molar-refractivity contribution in [3.8, 4) is 28.2 Å². The minimum absolute atomic E-state index is 1.13. The third kappa shape index (κ3) is 6.03. The van der Waals surface area contributed by atoms with Crippen LogP contribution in [0.4, 0.5) is 0 Å². The van der Waals surface area contributed by atoms with E-state index in [4.69, 9.17) is 0 Å². The van der Waals surface area contributed by atoms with Gasteiger partial charge in [0, 0.05) is 69.0 Å². The smallest absolute Gasteiger partial charge is 0.0547 e. The minimum Gasteiger partial charge on any atom is -0.309 e. The van der Waals surface area contributed by atoms with Crippen molar-refractivity contribution in [1.82, 2.24) is 13.7 Å². The molecule has 0 spiro atoms. The minimum atomic E-state index is -2.07. The summed E-state index contributed by atoms with van der Waals surface area (Å²) in [6.45, 7) is 0. The zero-order valence-electron chi connectivity index (χ0n) is 38.2. The Morgan fingerprint density at radius 3 is 1.30 bits per heavy atom. The number of fused-ring (bicyclic) bond motifs is 9. The second-order valence-corrected chi connectivity index (χ2v) is 21.2. The normalized spacial score (nSPS) is 12.2. The number of hydrogen-bond acceptors (Lipinski definition) is 0. The lowest BCUT2D eigenvalue weighted by atomic mass is 9.99. The van der Waals surface area contributed by atoms with E-state index in [0.717, 1.165) is 17.1 Å². The van der Waals surface area contributed by atoms with Crippen LogP contribution in [0.15, 0.2) is 293 Å². The van der Waals surface area contributed by atoms with Crippen LogP contribution in [0.5, 0.6) is 0 Å². The lowest BCUT2D eigenvalue weighted by Gasteiger charge is -2.42. The Balaban J connectivity index is 0.998. The molecule has 0 aliphatic carbocycles. The van der Waals surface area contributed by atoms with Crippen molar-refractivity contribution < 1.29 is 0 Å². The molecule has 0 unspecified atom stereocenters. The van der Waals surface area contributed by atoms with Crippen LogP contribution in [0.1, 0.15) is 0 Å². The molecule has 0 saturated carbocycles. The average Bonchev–Trinajstić information content (AvgIpc) is 4.08. The fourth-order valence-electron chi connectivity index (χ4n) is 11.4. The fraction of sp³-hybridized carbons (Fsp3) is 0. The van der Waals surface area contributed by atoms with E-state index < -0.39 is 10.0 Å². The van der Waals surface area contributed by atoms with Gasteiger partial charge in [0.15, 0.2) is 0 Å². The third-order valence-corrected chi connectivity index (χ3v) is 18.2. The largest absolute Gasteiger partial charge is 0.309 e. The van der Waals surface area contributed by atoms with Crippen LogP contribution in [0.2, 0.25) is 0 Å². The Bertz CT molecular complexity index is 4240. The molecule has 3 nitrogen and oxygen atoms in total. The van der Waals surface area contributed by atoms with E-state index in [0.29, 0.717) is 0 Å². The highest BCUT2D eigenvalue weighted by Crippen LogP contribution is 2.74. The van der Waals surface area contributed by atoms with Crippen molar-refractivity contribution in [3.05, 3.63) is 273 Å². The Morgan fingerprint density at radius 1 is 0.229 bits per heavy atom. The highest BCUT2D eigenvalue weighted by atomic mass is 32.3. The van der Waals surface area contributed by atoms with E-state index in [1.807, 2.05) is 0 Å². The summed E-state index contributed by atoms with van der Waals surface area (Å²) in [5, 5.41) is 7.45. The molecule has 0 atom stereocenters. The molecule has 0 N–H and O–H groups in total. The van der Waals surface area contributed by atoms with E-state index in [9.17, 15) is 0 Å². The molecule has 0 amide bonds. The second-order valence-electron chi connectivity index (χ2n) is 18.1. The molecule has 0 fully saturated rings. The van der Waals surface area contributed by atoms with Crippen molar-refractivity contribution >= 4 is 75.4 Å². The van der Waals surface area contributed by atoms with Gasteiger partial charge in [0.05, 0.1) is 33.1 Å². The molecular formula is C66H45N3S. The van der Waals surface area contributed by atoms with Crippen molar-refractivity contribution in [2.75, 3.05) is 0 Å². The summed E-state index contributed by atoms with van der Waals surface area (Å²) in [5.41, 5.74) is 13.0. The van der Waals surface area contributed by atoms with Gasteiger partial charge in [-0.2, -0.15) is 0 Å². The van der Waals surface area contributed by atoms with Gasteiger partial charge in [-0.05, 0) is 126 Å². The quantitative estimate of drug-likeness (QED) is 0.144. The van der Waals surface area contributed by atoms with Crippen LogP contribution in [-0.2, 0) is 0 Å². The predicted octanol–water partition coefficient (Wildman–Crippen LogP) is 18.0. The van der Waals surface area contributed by atoms with Gasteiger partial charge in [-0.3, -0.25) is 0 Å². The third-order valence-electron chi connectivity index (χ3n) is 14.3. The average molecular weight is 912 g/mol. The molecule has 3 aromatic heterocycles. The van der Waals surface area contributed by atoms with Gasteiger partial charge >= 0.3 is 0 Å². The van der Waals surface area contributed by atoms with Crippen molar-refractivity contribution in [3.63, 3.8) is 0 Å². The first-order valence-electron chi connectivity index (χ1n) is 24.0. The van der Waals surface area contributed by atoms with Gasteiger partial charge in [0.1, 0.15) is 0 Å². The molecular weight excluding hydrogens is 867 g/mol. The molecule has 330 valence electrons. The van der Waals surface area contributed by atoms with Gasteiger partial charge in [0.25, 0.3) is 0 Å². The molecule has 0 aliphatic rings. The zero-order valence-corrected chi connectivity index (χ0v) is 39.0. The molecule has 0 bridgehead atoms. The van der Waals surface area contributed by atoms with E-state index in [1.54, 1.807) is 0 Å². The molecule has 14 aromatic rings. The lowest BCUT2D eigenvalue weighted by Crippen LogP contribution is -2.06. The SMILES string of the molecule is c1ccc(-c2cccc3c2c2ccccc2n3-c2ccc3c(c2)c2ccccc2n3-c2cccc(S(c3ccccc3)(c3ccccc3)c3ccc4c(c3)c3ccccc3n4-c3ccccc3)c2)cc1. The molecule has 0 saturated heterocycles. The summed E-state index contributed by atoms with van der Waals surface area (Å²) < 4.78 is 7.34. The van der Waals surface area contributed by atoms with E-state index in [-0.39, 0.29) is 0 Å². The molecule has 0 radical (unpaired) electrons. The Kier molecular flexibility index (Phi) is 9.29. The summed E-state index contributed by atoms with van der Waals surface area (Å²) in [4.78, 5) is 5.14. The number of para-hydroxylation sites is 4. The van der Waals surface area contributed by atoms with Crippen LogP contribution in [0.25, 0.3) is 93.6 Å². The Morgan fingerprint density at radius 2 is 0.643 bits per heavy atom. The first-order chi connectivity index (χ1) is 34.8. The molecule has 70 heavy (non-hydrogen) atoms. The number of nitrogens with zero attached hydrogens (tertiary/aromatic N) is 3. The first kappa shape index (κ1) is 40.3. The Hall–Kier alpha value is -8.83. The van der Waals surface area contributed by atoms with Gasteiger partial charge < -0.3 is 13.7 Å². The molecule has 11 aromatic carbocycles. The number of hydrogen-bond donors (Lipinski definition) is 0. The zero-order chi connectivity index (χ0) is 46.2. The van der Waals surface area contributed by atoms with Crippen molar-refractivity contribution in [1.29, 1.82) is 0 Å². The highest BCUT2D eigenvalue weighted by molar-refractivity contribution is 8.34. The number of rotatable bonds is 8. The summed E-state index contributed by atoms with van der Waals surface area (Å²) >= 11 is 0. The molecule has 4 heteroatoms. The van der Waals surface area contributed by atoms with Crippen LogP contribution in [-0.4, -0.2) is 13.7 Å². The van der Waals surface area contributed by atoms with E-state index >= 15 is 0 Å². The van der Waals surface area contributed by atoms with Crippen molar-refractivity contribution in [2.24, 2.45) is 0 Å². The van der Waals surface area contributed by atoms with E-state index in [1.165, 1.54) is 96.1 Å². The van der Waals surface area contributed by atoms with Crippen LogP contribution in [0, 0.1) is 0 Å². The highest BCUT2D eigenvalue weighted by Gasteiger charge is 2.34. The van der Waals surface area contributed by atoms with Gasteiger partial charge in [-0.15, -0.1) is 10.0 Å². The summed E-state index contributed by atoms with van der Waals surface area (Å²) in [6.07, 6.45) is 0. The topological polar surface area (TPSA) is 14.8 Å². The number of benzene rings is 11. The van der Waals surface area contributed by atoms with Gasteiger partial charge in [0.2, 0.25) is 0 Å². The van der Waals surface area contributed by atoms with Crippen LogP contribution >= 0.6 is 10.0 Å². The van der Waals surface area contributed by atoms with Gasteiger partial charge in [-0.1, -0.05) is 158 Å². The summed E-state index contributed by atoms with van der Waals surface area (Å²) in [7, 11) is -2.07. The monoisotopic (exact) mass is 911 g/mol.